The minimum Gasteiger partial charge on any atom is -0.368 e. The molecule has 1 aliphatic heterocycles. The number of aromatic nitrogens is 4. The van der Waals surface area contributed by atoms with Gasteiger partial charge in [0.1, 0.15) is 6.61 Å². The minimum atomic E-state index is -0.418. The van der Waals surface area contributed by atoms with Crippen molar-refractivity contribution in [3.63, 3.8) is 0 Å². The predicted octanol–water partition coefficient (Wildman–Crippen LogP) is -0.347. The number of hydrogen-bond acceptors (Lipinski definition) is 6. The largest absolute Gasteiger partial charge is 0.368 e. The number of hydrogen-bond donors (Lipinski definition) is 1. The van der Waals surface area contributed by atoms with Gasteiger partial charge in [0.15, 0.2) is 0 Å². The number of nitrogens with two attached hydrogens (primary N) is 1. The molecule has 0 radical (unpaired) electrons. The molecule has 8 heteroatoms. The molecule has 3 rings (SSSR count). The zero-order valence-electron chi connectivity index (χ0n) is 11.7. The lowest BCUT2D eigenvalue weighted by atomic mass is 10.1. The maximum Gasteiger partial charge on any atom is 0.246 e. The molecule has 1 aromatic heterocycles. The summed E-state index contributed by atoms with van der Waals surface area (Å²) in [5.41, 5.74) is 5.18. The van der Waals surface area contributed by atoms with Crippen molar-refractivity contribution in [1.82, 2.24) is 20.2 Å². The van der Waals surface area contributed by atoms with Crippen LogP contribution in [0.3, 0.4) is 0 Å². The van der Waals surface area contributed by atoms with E-state index in [9.17, 15) is 4.79 Å². The third-order valence-corrected chi connectivity index (χ3v) is 4.12. The highest BCUT2D eigenvalue weighted by Crippen LogP contribution is 2.44. The zero-order chi connectivity index (χ0) is 14.2. The Labute approximate surface area is 117 Å². The molecular weight excluding hydrogens is 260 g/mol. The van der Waals surface area contributed by atoms with Gasteiger partial charge in [-0.3, -0.25) is 4.79 Å². The number of piperidine rings is 1. The summed E-state index contributed by atoms with van der Waals surface area (Å²) in [4.78, 5) is 12.9. The maximum absolute atomic E-state index is 10.7. The van der Waals surface area contributed by atoms with E-state index < -0.39 is 5.91 Å². The van der Waals surface area contributed by atoms with Crippen molar-refractivity contribution in [3.05, 3.63) is 0 Å². The summed E-state index contributed by atoms with van der Waals surface area (Å²) in [6.07, 6.45) is 4.07. The van der Waals surface area contributed by atoms with Crippen LogP contribution < -0.4 is 10.6 Å². The quantitative estimate of drug-likeness (QED) is 0.791. The van der Waals surface area contributed by atoms with E-state index in [0.717, 1.165) is 44.7 Å². The molecule has 2 fully saturated rings. The summed E-state index contributed by atoms with van der Waals surface area (Å²) in [5, 5.41) is 12.1. The van der Waals surface area contributed by atoms with Crippen LogP contribution in [0.25, 0.3) is 0 Å². The summed E-state index contributed by atoms with van der Waals surface area (Å²) in [5.74, 6) is 0.427. The van der Waals surface area contributed by atoms with E-state index in [4.69, 9.17) is 10.5 Å². The molecule has 110 valence electrons. The zero-order valence-corrected chi connectivity index (χ0v) is 11.7. The Balaban J connectivity index is 1.58. The van der Waals surface area contributed by atoms with E-state index in [1.807, 2.05) is 4.68 Å². The number of amides is 1. The third-order valence-electron chi connectivity index (χ3n) is 4.12. The first-order valence-electron chi connectivity index (χ1n) is 7.02. The number of ether oxygens (including phenoxy) is 1. The van der Waals surface area contributed by atoms with Crippen LogP contribution in [0.4, 0.5) is 5.95 Å². The van der Waals surface area contributed by atoms with Crippen LogP contribution in [0.2, 0.25) is 0 Å². The van der Waals surface area contributed by atoms with Crippen LogP contribution in [0, 0.1) is 0 Å². The second kappa shape index (κ2) is 5.01. The van der Waals surface area contributed by atoms with Crippen LogP contribution in [0.5, 0.6) is 0 Å². The number of nitrogens with zero attached hydrogens (tertiary/aromatic N) is 5. The average molecular weight is 280 g/mol. The Morgan fingerprint density at radius 1 is 1.45 bits per heavy atom. The molecule has 20 heavy (non-hydrogen) atoms. The van der Waals surface area contributed by atoms with E-state index in [0.29, 0.717) is 0 Å². The van der Waals surface area contributed by atoms with E-state index in [1.54, 1.807) is 0 Å². The highest BCUT2D eigenvalue weighted by Gasteiger charge is 2.43. The lowest BCUT2D eigenvalue weighted by Gasteiger charge is -2.32. The van der Waals surface area contributed by atoms with E-state index in [-0.39, 0.29) is 18.2 Å². The Hall–Kier alpha value is -1.70. The van der Waals surface area contributed by atoms with E-state index in [2.05, 4.69) is 27.3 Å². The topological polar surface area (TPSA) is 99.2 Å². The number of carbonyl (C=O) groups excluding carboxylic acids is 1. The Kier molecular flexibility index (Phi) is 3.33. The molecule has 0 unspecified atom stereocenters. The lowest BCUT2D eigenvalue weighted by molar-refractivity contribution is -0.124. The normalized spacial score (nSPS) is 21.9. The summed E-state index contributed by atoms with van der Waals surface area (Å²) in [6, 6.07) is 0. The number of primary amides is 1. The molecule has 0 aromatic carbocycles. The van der Waals surface area contributed by atoms with E-state index in [1.165, 1.54) is 0 Å². The molecule has 1 amide bonds. The first-order valence-corrected chi connectivity index (χ1v) is 7.02. The van der Waals surface area contributed by atoms with Crippen molar-refractivity contribution in [2.45, 2.75) is 44.2 Å². The molecule has 1 saturated carbocycles. The molecule has 0 atom stereocenters. The van der Waals surface area contributed by atoms with Gasteiger partial charge in [-0.25, -0.2) is 4.68 Å². The SMILES string of the molecule is CC1(n2nnnc2N2CCC(OCC(N)=O)CC2)CC1. The summed E-state index contributed by atoms with van der Waals surface area (Å²) < 4.78 is 7.40. The van der Waals surface area contributed by atoms with Crippen LogP contribution in [0.15, 0.2) is 0 Å². The molecule has 0 spiro atoms. The van der Waals surface area contributed by atoms with Gasteiger partial charge in [-0.15, -0.1) is 0 Å². The van der Waals surface area contributed by atoms with Crippen LogP contribution in [0.1, 0.15) is 32.6 Å². The lowest BCUT2D eigenvalue weighted by Crippen LogP contribution is -2.40. The van der Waals surface area contributed by atoms with Gasteiger partial charge < -0.3 is 15.4 Å². The van der Waals surface area contributed by atoms with Gasteiger partial charge in [0, 0.05) is 13.1 Å². The van der Waals surface area contributed by atoms with Crippen molar-refractivity contribution in [2.75, 3.05) is 24.6 Å². The van der Waals surface area contributed by atoms with Gasteiger partial charge in [0.05, 0.1) is 11.6 Å². The molecule has 2 heterocycles. The highest BCUT2D eigenvalue weighted by atomic mass is 16.5. The number of carbonyl (C=O) groups is 1. The van der Waals surface area contributed by atoms with Gasteiger partial charge >= 0.3 is 0 Å². The first-order chi connectivity index (χ1) is 9.58. The molecule has 2 aliphatic rings. The average Bonchev–Trinajstić information content (AvgIpc) is 3.00. The molecule has 2 N–H and O–H groups in total. The minimum absolute atomic E-state index is 0.000472. The Bertz CT molecular complexity index is 490. The fraction of sp³-hybridized carbons (Fsp3) is 0.833. The van der Waals surface area contributed by atoms with Crippen LogP contribution >= 0.6 is 0 Å². The number of anilines is 1. The summed E-state index contributed by atoms with van der Waals surface area (Å²) in [6.45, 7) is 3.84. The second-order valence-corrected chi connectivity index (χ2v) is 5.85. The van der Waals surface area contributed by atoms with E-state index >= 15 is 0 Å². The third kappa shape index (κ3) is 2.60. The van der Waals surface area contributed by atoms with Crippen molar-refractivity contribution >= 4 is 11.9 Å². The summed E-state index contributed by atoms with van der Waals surface area (Å²) >= 11 is 0. The van der Waals surface area contributed by atoms with Gasteiger partial charge in [-0.2, -0.15) is 0 Å². The van der Waals surface area contributed by atoms with Gasteiger partial charge in [0.25, 0.3) is 0 Å². The van der Waals surface area contributed by atoms with Crippen molar-refractivity contribution in [1.29, 1.82) is 0 Å². The van der Waals surface area contributed by atoms with Crippen LogP contribution in [-0.4, -0.2) is 51.9 Å². The fourth-order valence-electron chi connectivity index (χ4n) is 2.54. The second-order valence-electron chi connectivity index (χ2n) is 5.85. The van der Waals surface area contributed by atoms with Crippen molar-refractivity contribution < 1.29 is 9.53 Å². The monoisotopic (exact) mass is 280 g/mol. The molecule has 1 saturated heterocycles. The molecule has 8 nitrogen and oxygen atoms in total. The highest BCUT2D eigenvalue weighted by molar-refractivity contribution is 5.75. The Morgan fingerprint density at radius 2 is 2.15 bits per heavy atom. The Morgan fingerprint density at radius 3 is 2.75 bits per heavy atom. The number of tetrazole rings is 1. The summed E-state index contributed by atoms with van der Waals surface area (Å²) in [7, 11) is 0. The van der Waals surface area contributed by atoms with Gasteiger partial charge in [0.2, 0.25) is 11.9 Å². The molecular formula is C12H20N6O2. The standard InChI is InChI=1S/C12H20N6O2/c1-12(4-5-12)18-11(14-15-16-18)17-6-2-9(3-7-17)20-8-10(13)19/h9H,2-8H2,1H3,(H2,13,19). The van der Waals surface area contributed by atoms with Crippen molar-refractivity contribution in [3.8, 4) is 0 Å². The molecule has 1 aliphatic carbocycles. The van der Waals surface area contributed by atoms with Crippen molar-refractivity contribution in [2.24, 2.45) is 5.73 Å². The molecule has 0 bridgehead atoms. The van der Waals surface area contributed by atoms with Crippen LogP contribution in [-0.2, 0) is 15.1 Å². The predicted molar refractivity (Wildman–Crippen MR) is 71.1 cm³/mol. The fourth-order valence-corrected chi connectivity index (χ4v) is 2.54. The maximum atomic E-state index is 10.7. The molecule has 1 aromatic rings. The smallest absolute Gasteiger partial charge is 0.246 e. The van der Waals surface area contributed by atoms with Gasteiger partial charge in [-0.05, 0) is 43.0 Å². The first kappa shape index (κ1) is 13.3. The number of rotatable bonds is 5. The van der Waals surface area contributed by atoms with Gasteiger partial charge in [-0.1, -0.05) is 5.10 Å².